The van der Waals surface area contributed by atoms with Crippen LogP contribution >= 0.6 is 0 Å². The van der Waals surface area contributed by atoms with Gasteiger partial charge >= 0.3 is 0 Å². The van der Waals surface area contributed by atoms with Gasteiger partial charge in [-0.05, 0) is 32.6 Å². The highest BCUT2D eigenvalue weighted by molar-refractivity contribution is 5.77. The second-order valence-electron chi connectivity index (χ2n) is 5.44. The monoisotopic (exact) mass is 256 g/mol. The number of nitrogens with two attached hydrogens (primary N) is 1. The van der Waals surface area contributed by atoms with Gasteiger partial charge in [0, 0.05) is 19.6 Å². The normalized spacial score (nSPS) is 28.1. The summed E-state index contributed by atoms with van der Waals surface area (Å²) in [7, 11) is 0. The maximum Gasteiger partial charge on any atom is 0.248 e. The lowest BCUT2D eigenvalue weighted by Crippen LogP contribution is -2.47. The summed E-state index contributed by atoms with van der Waals surface area (Å²) in [4.78, 5) is 13.7. The van der Waals surface area contributed by atoms with Gasteiger partial charge in [-0.2, -0.15) is 0 Å². The van der Waals surface area contributed by atoms with Crippen molar-refractivity contribution in [3.05, 3.63) is 0 Å². The van der Waals surface area contributed by atoms with E-state index in [0.29, 0.717) is 12.5 Å². The Kier molecular flexibility index (Phi) is 6.09. The molecule has 4 nitrogen and oxygen atoms in total. The summed E-state index contributed by atoms with van der Waals surface area (Å²) in [6, 6.07) is 0. The Morgan fingerprint density at radius 1 is 1.44 bits per heavy atom. The number of nitrogens with zero attached hydrogens (tertiary/aromatic N) is 1. The second-order valence-corrected chi connectivity index (χ2v) is 5.44. The molecule has 0 heterocycles. The van der Waals surface area contributed by atoms with Crippen molar-refractivity contribution in [3.8, 4) is 0 Å². The van der Waals surface area contributed by atoms with Gasteiger partial charge in [-0.1, -0.05) is 19.8 Å². The molecular formula is C14H28N2O2. The highest BCUT2D eigenvalue weighted by atomic mass is 16.5. The summed E-state index contributed by atoms with van der Waals surface area (Å²) in [6.45, 7) is 8.38. The highest BCUT2D eigenvalue weighted by Crippen LogP contribution is 2.34. The van der Waals surface area contributed by atoms with Crippen LogP contribution in [0.1, 0.15) is 46.5 Å². The largest absolute Gasteiger partial charge is 0.364 e. The highest BCUT2D eigenvalue weighted by Gasteiger charge is 2.35. The maximum atomic E-state index is 11.9. The Labute approximate surface area is 111 Å². The smallest absolute Gasteiger partial charge is 0.248 e. The Balaban J connectivity index is 2.51. The molecule has 0 aromatic heterocycles. The molecule has 0 saturated heterocycles. The lowest BCUT2D eigenvalue weighted by molar-refractivity contribution is -0.146. The van der Waals surface area contributed by atoms with Crippen LogP contribution in [0.2, 0.25) is 0 Å². The van der Waals surface area contributed by atoms with Crippen LogP contribution in [-0.2, 0) is 9.53 Å². The van der Waals surface area contributed by atoms with Gasteiger partial charge in [0.05, 0.1) is 5.60 Å². The summed E-state index contributed by atoms with van der Waals surface area (Å²) in [6.07, 6.45) is 4.36. The number of amides is 1. The second kappa shape index (κ2) is 7.10. The zero-order chi connectivity index (χ0) is 13.6. The molecule has 0 radical (unpaired) electrons. The van der Waals surface area contributed by atoms with E-state index in [1.807, 2.05) is 13.8 Å². The molecule has 106 valence electrons. The molecule has 1 aliphatic rings. The minimum absolute atomic E-state index is 0.0750. The van der Waals surface area contributed by atoms with Gasteiger partial charge in [-0.25, -0.2) is 0 Å². The van der Waals surface area contributed by atoms with E-state index in [0.717, 1.165) is 32.4 Å². The van der Waals surface area contributed by atoms with Gasteiger partial charge in [0.2, 0.25) is 5.91 Å². The first-order valence-corrected chi connectivity index (χ1v) is 7.18. The van der Waals surface area contributed by atoms with E-state index in [1.54, 1.807) is 4.90 Å². The zero-order valence-corrected chi connectivity index (χ0v) is 12.1. The molecule has 1 rings (SSSR count). The van der Waals surface area contributed by atoms with E-state index in [9.17, 15) is 4.79 Å². The summed E-state index contributed by atoms with van der Waals surface area (Å²) in [5.74, 6) is 0.719. The van der Waals surface area contributed by atoms with E-state index in [1.165, 1.54) is 6.42 Å². The molecule has 0 bridgehead atoms. The summed E-state index contributed by atoms with van der Waals surface area (Å²) < 4.78 is 5.92. The van der Waals surface area contributed by atoms with Crippen LogP contribution in [-0.4, -0.2) is 42.6 Å². The molecule has 0 spiro atoms. The van der Waals surface area contributed by atoms with Gasteiger partial charge in [0.25, 0.3) is 0 Å². The average molecular weight is 256 g/mol. The molecular weight excluding hydrogens is 228 g/mol. The van der Waals surface area contributed by atoms with Crippen LogP contribution in [0.15, 0.2) is 0 Å². The molecule has 18 heavy (non-hydrogen) atoms. The number of hydrogen-bond acceptors (Lipinski definition) is 3. The molecule has 4 heteroatoms. The van der Waals surface area contributed by atoms with Crippen molar-refractivity contribution in [2.75, 3.05) is 26.2 Å². The molecule has 1 fully saturated rings. The fraction of sp³-hybridized carbons (Fsp3) is 0.929. The Bertz CT molecular complexity index is 267. The minimum Gasteiger partial charge on any atom is -0.364 e. The Hall–Kier alpha value is -0.610. The van der Waals surface area contributed by atoms with Gasteiger partial charge in [0.15, 0.2) is 0 Å². The first-order chi connectivity index (χ1) is 8.56. The summed E-state index contributed by atoms with van der Waals surface area (Å²) >= 11 is 0. The van der Waals surface area contributed by atoms with E-state index in [2.05, 4.69) is 6.92 Å². The molecule has 1 aliphatic carbocycles. The Morgan fingerprint density at radius 2 is 2.11 bits per heavy atom. The third-order valence-electron chi connectivity index (χ3n) is 4.04. The number of hydrogen-bond donors (Lipinski definition) is 1. The molecule has 2 unspecified atom stereocenters. The van der Waals surface area contributed by atoms with Crippen LogP contribution in [0.25, 0.3) is 0 Å². The van der Waals surface area contributed by atoms with Gasteiger partial charge in [-0.15, -0.1) is 0 Å². The van der Waals surface area contributed by atoms with Crippen molar-refractivity contribution < 1.29 is 9.53 Å². The lowest BCUT2D eigenvalue weighted by Gasteiger charge is -2.39. The zero-order valence-electron chi connectivity index (χ0n) is 12.1. The van der Waals surface area contributed by atoms with E-state index in [-0.39, 0.29) is 18.1 Å². The Morgan fingerprint density at radius 3 is 2.61 bits per heavy atom. The molecule has 1 saturated carbocycles. The number of carbonyl (C=O) groups is 1. The van der Waals surface area contributed by atoms with Gasteiger partial charge in [-0.3, -0.25) is 4.79 Å². The topological polar surface area (TPSA) is 55.6 Å². The van der Waals surface area contributed by atoms with Gasteiger partial charge in [0.1, 0.15) is 6.61 Å². The third-order valence-corrected chi connectivity index (χ3v) is 4.04. The van der Waals surface area contributed by atoms with Crippen molar-refractivity contribution in [3.63, 3.8) is 0 Å². The number of rotatable bonds is 6. The van der Waals surface area contributed by atoms with Crippen molar-refractivity contribution in [2.24, 2.45) is 11.7 Å². The molecule has 0 aliphatic heterocycles. The maximum absolute atomic E-state index is 11.9. The van der Waals surface area contributed by atoms with Crippen molar-refractivity contribution in [1.82, 2.24) is 4.90 Å². The fourth-order valence-corrected chi connectivity index (χ4v) is 2.87. The summed E-state index contributed by atoms with van der Waals surface area (Å²) in [5.41, 5.74) is 5.61. The van der Waals surface area contributed by atoms with Crippen molar-refractivity contribution in [2.45, 2.75) is 52.1 Å². The first-order valence-electron chi connectivity index (χ1n) is 7.18. The third kappa shape index (κ3) is 3.95. The number of likely N-dealkylation sites (N-methyl/N-ethyl adjacent to an activating group) is 1. The molecule has 0 aromatic rings. The predicted molar refractivity (Wildman–Crippen MR) is 73.3 cm³/mol. The molecule has 2 atom stereocenters. The standard InChI is InChI=1S/C14H28N2O2/c1-4-16(5-2)13(17)10-18-14(11-15)8-6-7-12(3)9-14/h12H,4-11,15H2,1-3H3. The first kappa shape index (κ1) is 15.4. The van der Waals surface area contributed by atoms with Gasteiger partial charge < -0.3 is 15.4 Å². The van der Waals surface area contributed by atoms with E-state index in [4.69, 9.17) is 10.5 Å². The van der Waals surface area contributed by atoms with Crippen molar-refractivity contribution in [1.29, 1.82) is 0 Å². The van der Waals surface area contributed by atoms with E-state index < -0.39 is 0 Å². The van der Waals surface area contributed by atoms with Crippen LogP contribution in [0.3, 0.4) is 0 Å². The molecule has 1 amide bonds. The van der Waals surface area contributed by atoms with Crippen molar-refractivity contribution >= 4 is 5.91 Å². The van der Waals surface area contributed by atoms with Crippen LogP contribution in [0, 0.1) is 5.92 Å². The summed E-state index contributed by atoms with van der Waals surface area (Å²) in [5, 5.41) is 0. The molecule has 0 aromatic carbocycles. The lowest BCUT2D eigenvalue weighted by atomic mass is 9.79. The minimum atomic E-state index is -0.263. The molecule has 2 N–H and O–H groups in total. The predicted octanol–water partition coefficient (Wildman–Crippen LogP) is 1.78. The fourth-order valence-electron chi connectivity index (χ4n) is 2.87. The van der Waals surface area contributed by atoms with Crippen LogP contribution in [0.5, 0.6) is 0 Å². The average Bonchev–Trinajstić information content (AvgIpc) is 2.38. The van der Waals surface area contributed by atoms with Crippen LogP contribution < -0.4 is 5.73 Å². The van der Waals surface area contributed by atoms with Crippen LogP contribution in [0.4, 0.5) is 0 Å². The number of carbonyl (C=O) groups excluding carboxylic acids is 1. The number of ether oxygens (including phenoxy) is 1. The van der Waals surface area contributed by atoms with E-state index >= 15 is 0 Å². The SMILES string of the molecule is CCN(CC)C(=O)COC1(CN)CCCC(C)C1. The quantitative estimate of drug-likeness (QED) is 0.788.